The van der Waals surface area contributed by atoms with Crippen molar-refractivity contribution in [3.8, 4) is 0 Å². The molecule has 23 heavy (non-hydrogen) atoms. The van der Waals surface area contributed by atoms with Crippen molar-refractivity contribution in [3.63, 3.8) is 0 Å². The zero-order valence-corrected chi connectivity index (χ0v) is 13.5. The third-order valence-electron chi connectivity index (χ3n) is 3.99. The minimum absolute atomic E-state index is 0.258. The summed E-state index contributed by atoms with van der Waals surface area (Å²) in [5, 5.41) is 10.1. The Bertz CT molecular complexity index is 737. The van der Waals surface area contributed by atoms with Gasteiger partial charge in [-0.3, -0.25) is 9.36 Å². The minimum Gasteiger partial charge on any atom is -0.388 e. The third-order valence-corrected chi connectivity index (χ3v) is 3.99. The number of aliphatic hydroxyl groups is 1. The van der Waals surface area contributed by atoms with Crippen LogP contribution in [0.1, 0.15) is 23.7 Å². The Balaban J connectivity index is 1.84. The van der Waals surface area contributed by atoms with Gasteiger partial charge in [0.1, 0.15) is 0 Å². The first-order chi connectivity index (χ1) is 11.0. The van der Waals surface area contributed by atoms with Gasteiger partial charge >= 0.3 is 5.69 Å². The summed E-state index contributed by atoms with van der Waals surface area (Å²) in [7, 11) is 3.42. The SMILES string of the molecule is CN(CCc1c[nH]c(=O)n(C)c1=O)CCC(O)c1ccccc1. The fourth-order valence-corrected chi connectivity index (χ4v) is 2.40. The maximum atomic E-state index is 11.9. The van der Waals surface area contributed by atoms with Gasteiger partial charge in [-0.2, -0.15) is 0 Å². The highest BCUT2D eigenvalue weighted by atomic mass is 16.3. The van der Waals surface area contributed by atoms with E-state index in [1.165, 1.54) is 13.2 Å². The molecule has 0 saturated carbocycles. The number of H-pyrrole nitrogens is 1. The Kier molecular flexibility index (Phi) is 5.90. The zero-order chi connectivity index (χ0) is 16.8. The number of hydrogen-bond donors (Lipinski definition) is 2. The highest BCUT2D eigenvalue weighted by Gasteiger charge is 2.10. The number of hydrogen-bond acceptors (Lipinski definition) is 4. The lowest BCUT2D eigenvalue weighted by Crippen LogP contribution is -2.35. The number of nitrogens with zero attached hydrogens (tertiary/aromatic N) is 2. The van der Waals surface area contributed by atoms with Gasteiger partial charge in [0.2, 0.25) is 0 Å². The van der Waals surface area contributed by atoms with E-state index in [1.54, 1.807) is 0 Å². The van der Waals surface area contributed by atoms with Crippen LogP contribution in [-0.2, 0) is 13.5 Å². The molecular formula is C17H23N3O3. The summed E-state index contributed by atoms with van der Waals surface area (Å²) in [5.41, 5.74) is 0.836. The van der Waals surface area contributed by atoms with Gasteiger partial charge in [0, 0.05) is 31.9 Å². The third kappa shape index (κ3) is 4.64. The highest BCUT2D eigenvalue weighted by molar-refractivity contribution is 5.17. The number of aromatic nitrogens is 2. The van der Waals surface area contributed by atoms with Crippen molar-refractivity contribution < 1.29 is 5.11 Å². The van der Waals surface area contributed by atoms with Crippen LogP contribution in [0, 0.1) is 0 Å². The first-order valence-electron chi connectivity index (χ1n) is 7.68. The van der Waals surface area contributed by atoms with Crippen LogP contribution < -0.4 is 11.2 Å². The molecule has 124 valence electrons. The monoisotopic (exact) mass is 317 g/mol. The fourth-order valence-electron chi connectivity index (χ4n) is 2.40. The van der Waals surface area contributed by atoms with Crippen molar-refractivity contribution in [2.45, 2.75) is 18.9 Å². The van der Waals surface area contributed by atoms with Gasteiger partial charge in [0.25, 0.3) is 5.56 Å². The van der Waals surface area contributed by atoms with Gasteiger partial charge in [-0.15, -0.1) is 0 Å². The van der Waals surface area contributed by atoms with Crippen molar-refractivity contribution >= 4 is 0 Å². The van der Waals surface area contributed by atoms with Crippen molar-refractivity contribution in [1.82, 2.24) is 14.5 Å². The average molecular weight is 317 g/mol. The Morgan fingerprint density at radius 3 is 2.61 bits per heavy atom. The molecule has 2 N–H and O–H groups in total. The quantitative estimate of drug-likeness (QED) is 0.787. The van der Waals surface area contributed by atoms with E-state index >= 15 is 0 Å². The number of likely N-dealkylation sites (N-methyl/N-ethyl adjacent to an activating group) is 1. The normalized spacial score (nSPS) is 12.5. The molecule has 0 fully saturated rings. The van der Waals surface area contributed by atoms with Gasteiger partial charge < -0.3 is 15.0 Å². The van der Waals surface area contributed by atoms with Crippen LogP contribution in [0.2, 0.25) is 0 Å². The molecule has 0 radical (unpaired) electrons. The summed E-state index contributed by atoms with van der Waals surface area (Å²) >= 11 is 0. The maximum absolute atomic E-state index is 11.9. The molecule has 0 aliphatic carbocycles. The molecule has 0 aliphatic rings. The second-order valence-electron chi connectivity index (χ2n) is 5.75. The molecule has 0 aliphatic heterocycles. The molecule has 0 bridgehead atoms. The molecule has 6 nitrogen and oxygen atoms in total. The van der Waals surface area contributed by atoms with Gasteiger partial charge in [-0.25, -0.2) is 4.79 Å². The van der Waals surface area contributed by atoms with E-state index in [0.29, 0.717) is 24.9 Å². The lowest BCUT2D eigenvalue weighted by Gasteiger charge is -2.19. The second kappa shape index (κ2) is 7.89. The Morgan fingerprint density at radius 2 is 1.91 bits per heavy atom. The largest absolute Gasteiger partial charge is 0.388 e. The van der Waals surface area contributed by atoms with Crippen LogP contribution in [0.25, 0.3) is 0 Å². The zero-order valence-electron chi connectivity index (χ0n) is 13.5. The molecule has 6 heteroatoms. The lowest BCUT2D eigenvalue weighted by molar-refractivity contribution is 0.149. The first kappa shape index (κ1) is 17.2. The first-order valence-corrected chi connectivity index (χ1v) is 7.68. The molecular weight excluding hydrogens is 294 g/mol. The van der Waals surface area contributed by atoms with E-state index in [1.807, 2.05) is 37.4 Å². The average Bonchev–Trinajstić information content (AvgIpc) is 2.57. The molecule has 1 unspecified atom stereocenters. The van der Waals surface area contributed by atoms with E-state index in [-0.39, 0.29) is 5.56 Å². The number of nitrogens with one attached hydrogen (secondary N) is 1. The minimum atomic E-state index is -0.486. The molecule has 1 aromatic carbocycles. The Hall–Kier alpha value is -2.18. The van der Waals surface area contributed by atoms with Gasteiger partial charge in [0.15, 0.2) is 0 Å². The van der Waals surface area contributed by atoms with Crippen LogP contribution in [0.3, 0.4) is 0 Å². The van der Waals surface area contributed by atoms with E-state index in [9.17, 15) is 14.7 Å². The van der Waals surface area contributed by atoms with Gasteiger partial charge in [-0.05, 0) is 25.5 Å². The Labute approximate surface area is 135 Å². The summed E-state index contributed by atoms with van der Waals surface area (Å²) in [5.74, 6) is 0. The van der Waals surface area contributed by atoms with E-state index in [4.69, 9.17) is 0 Å². The molecule has 0 saturated heterocycles. The van der Waals surface area contributed by atoms with Crippen LogP contribution in [0.15, 0.2) is 46.1 Å². The summed E-state index contributed by atoms with van der Waals surface area (Å²) < 4.78 is 1.08. The predicted molar refractivity (Wildman–Crippen MR) is 89.5 cm³/mol. The van der Waals surface area contributed by atoms with Crippen LogP contribution in [0.4, 0.5) is 0 Å². The van der Waals surface area contributed by atoms with Crippen LogP contribution >= 0.6 is 0 Å². The molecule has 1 atom stereocenters. The summed E-state index contributed by atoms with van der Waals surface area (Å²) in [6.07, 6.45) is 2.18. The van der Waals surface area contributed by atoms with E-state index in [0.717, 1.165) is 16.7 Å². The van der Waals surface area contributed by atoms with E-state index < -0.39 is 11.8 Å². The van der Waals surface area contributed by atoms with Crippen molar-refractivity contribution in [2.75, 3.05) is 20.1 Å². The maximum Gasteiger partial charge on any atom is 0.328 e. The smallest absolute Gasteiger partial charge is 0.328 e. The molecule has 1 aromatic heterocycles. The summed E-state index contributed by atoms with van der Waals surface area (Å²) in [6, 6.07) is 9.57. The number of aliphatic hydroxyl groups excluding tert-OH is 1. The molecule has 2 rings (SSSR count). The Morgan fingerprint density at radius 1 is 1.22 bits per heavy atom. The van der Waals surface area contributed by atoms with Crippen LogP contribution in [-0.4, -0.2) is 39.7 Å². The lowest BCUT2D eigenvalue weighted by atomic mass is 10.1. The topological polar surface area (TPSA) is 78.3 Å². The molecule has 1 heterocycles. The predicted octanol–water partition coefficient (Wildman–Crippen LogP) is 0.672. The van der Waals surface area contributed by atoms with Crippen molar-refractivity contribution in [2.24, 2.45) is 7.05 Å². The van der Waals surface area contributed by atoms with Gasteiger partial charge in [-0.1, -0.05) is 30.3 Å². The van der Waals surface area contributed by atoms with E-state index in [2.05, 4.69) is 9.88 Å². The summed E-state index contributed by atoms with van der Waals surface area (Å²) in [6.45, 7) is 1.41. The molecule has 2 aromatic rings. The van der Waals surface area contributed by atoms with Crippen molar-refractivity contribution in [1.29, 1.82) is 0 Å². The molecule has 0 amide bonds. The highest BCUT2D eigenvalue weighted by Crippen LogP contribution is 2.15. The number of aromatic amines is 1. The number of benzene rings is 1. The van der Waals surface area contributed by atoms with Crippen LogP contribution in [0.5, 0.6) is 0 Å². The fraction of sp³-hybridized carbons (Fsp3) is 0.412. The second-order valence-corrected chi connectivity index (χ2v) is 5.75. The van der Waals surface area contributed by atoms with Crippen molar-refractivity contribution in [3.05, 3.63) is 68.5 Å². The molecule has 0 spiro atoms. The standard InChI is InChI=1S/C17H23N3O3/c1-19(11-9-15(21)13-6-4-3-5-7-13)10-8-14-12-18-17(23)20(2)16(14)22/h3-7,12,15,21H,8-11H2,1-2H3,(H,18,23). The van der Waals surface area contributed by atoms with Gasteiger partial charge in [0.05, 0.1) is 6.10 Å². The summed E-state index contributed by atoms with van der Waals surface area (Å²) in [4.78, 5) is 27.9. The number of rotatable bonds is 7.